The lowest BCUT2D eigenvalue weighted by Crippen LogP contribution is -2.72. The molecule has 0 N–H and O–H groups in total. The second-order valence-electron chi connectivity index (χ2n) is 4.44. The molecule has 0 amide bonds. The molecule has 0 aliphatic carbocycles. The Kier molecular flexibility index (Phi) is 6.95. The number of alkyl halides is 18. The van der Waals surface area contributed by atoms with Crippen LogP contribution in [0, 0.1) is 0 Å². The highest BCUT2D eigenvalue weighted by Gasteiger charge is 2.90. The predicted octanol–water partition coefficient (Wildman–Crippen LogP) is 7.54. The van der Waals surface area contributed by atoms with Crippen molar-refractivity contribution in [2.24, 2.45) is 0 Å². The molecule has 0 nitrogen and oxygen atoms in total. The topological polar surface area (TPSA) is 0 Å². The average molecular weight is 537 g/mol. The van der Waals surface area contributed by atoms with E-state index in [1.807, 2.05) is 0 Å². The van der Waals surface area contributed by atoms with Crippen molar-refractivity contribution in [2.45, 2.75) is 43.1 Å². The van der Waals surface area contributed by atoms with Crippen molar-refractivity contribution >= 4 is 69.6 Å². The number of hydrogen-bond donors (Lipinski definition) is 0. The molecule has 0 aromatic heterocycles. The minimum atomic E-state index is -7.02. The predicted molar refractivity (Wildman–Crippen MR) is 70.3 cm³/mol. The summed E-state index contributed by atoms with van der Waals surface area (Å²) in [7, 11) is 0. The van der Waals surface area contributed by atoms with Crippen molar-refractivity contribution < 1.29 is 52.7 Å². The molecule has 0 heterocycles. The van der Waals surface area contributed by atoms with Crippen molar-refractivity contribution in [1.29, 1.82) is 0 Å². The highest BCUT2D eigenvalue weighted by Crippen LogP contribution is 2.66. The van der Waals surface area contributed by atoms with Gasteiger partial charge in [-0.25, -0.2) is 17.6 Å². The second kappa shape index (κ2) is 6.72. The van der Waals surface area contributed by atoms with E-state index in [2.05, 4.69) is 69.6 Å². The molecule has 18 heteroatoms. The molecule has 4 unspecified atom stereocenters. The van der Waals surface area contributed by atoms with Crippen LogP contribution in [0.25, 0.3) is 0 Å². The molecular formula is C8Cl6F12. The van der Waals surface area contributed by atoms with Crippen LogP contribution in [0.2, 0.25) is 0 Å². The van der Waals surface area contributed by atoms with E-state index in [1.54, 1.807) is 0 Å². The molecule has 0 radical (unpaired) electrons. The fourth-order valence-electron chi connectivity index (χ4n) is 1.14. The fraction of sp³-hybridized carbons (Fsp3) is 1.00. The quantitative estimate of drug-likeness (QED) is 0.233. The summed E-state index contributed by atoms with van der Waals surface area (Å²) in [5, 5.41) is -37.9. The van der Waals surface area contributed by atoms with Gasteiger partial charge in [-0.1, -0.05) is 46.4 Å². The average Bonchev–Trinajstić information content (AvgIpc) is 2.34. The SMILES string of the molecule is FC(F)(Cl)C(F)(Cl)C(F)(F)C(F)(Cl)C(F)(Cl)C(F)(F)C(F)(Cl)C(F)(F)Cl. The summed E-state index contributed by atoms with van der Waals surface area (Å²) < 4.78 is 159. The van der Waals surface area contributed by atoms with Gasteiger partial charge < -0.3 is 0 Å². The highest BCUT2D eigenvalue weighted by molar-refractivity contribution is 6.38. The molecule has 26 heavy (non-hydrogen) atoms. The molecule has 0 spiro atoms. The first kappa shape index (κ1) is 26.9. The third kappa shape index (κ3) is 3.48. The Labute approximate surface area is 165 Å². The Morgan fingerprint density at radius 2 is 0.462 bits per heavy atom. The Bertz CT molecular complexity index is 485. The lowest BCUT2D eigenvalue weighted by atomic mass is 9.95. The van der Waals surface area contributed by atoms with E-state index in [9.17, 15) is 52.7 Å². The molecular weight excluding hydrogens is 537 g/mol. The first-order valence-corrected chi connectivity index (χ1v) is 7.42. The van der Waals surface area contributed by atoms with Gasteiger partial charge in [0.15, 0.2) is 0 Å². The maximum absolute atomic E-state index is 13.9. The first-order chi connectivity index (χ1) is 10.8. The van der Waals surface area contributed by atoms with Crippen LogP contribution in [-0.2, 0) is 0 Å². The summed E-state index contributed by atoms with van der Waals surface area (Å²) >= 11 is 23.5. The van der Waals surface area contributed by atoms with Gasteiger partial charge >= 0.3 is 43.1 Å². The van der Waals surface area contributed by atoms with Crippen molar-refractivity contribution in [1.82, 2.24) is 0 Å². The smallest absolute Gasteiger partial charge is 0.214 e. The number of hydrogen-bond acceptors (Lipinski definition) is 0. The lowest BCUT2D eigenvalue weighted by Gasteiger charge is -2.45. The van der Waals surface area contributed by atoms with Gasteiger partial charge in [0.05, 0.1) is 0 Å². The number of rotatable bonds is 7. The number of halogens is 18. The van der Waals surface area contributed by atoms with Crippen LogP contribution in [0.4, 0.5) is 52.7 Å². The summed E-state index contributed by atoms with van der Waals surface area (Å²) in [5.41, 5.74) is 0. The molecule has 0 fully saturated rings. The molecule has 0 aliphatic heterocycles. The zero-order valence-electron chi connectivity index (χ0n) is 10.8. The fourth-order valence-corrected chi connectivity index (χ4v) is 2.24. The molecule has 0 aromatic rings. The van der Waals surface area contributed by atoms with Gasteiger partial charge in [0.25, 0.3) is 0 Å². The molecule has 4 atom stereocenters. The van der Waals surface area contributed by atoms with Crippen LogP contribution in [0.15, 0.2) is 0 Å². The minimum absolute atomic E-state index is 3.80. The van der Waals surface area contributed by atoms with Crippen molar-refractivity contribution in [3.63, 3.8) is 0 Å². The van der Waals surface area contributed by atoms with Crippen LogP contribution in [0.1, 0.15) is 0 Å². The van der Waals surface area contributed by atoms with Gasteiger partial charge in [-0.05, 0) is 23.2 Å². The lowest BCUT2D eigenvalue weighted by molar-refractivity contribution is -0.284. The van der Waals surface area contributed by atoms with Crippen LogP contribution in [0.3, 0.4) is 0 Å². The van der Waals surface area contributed by atoms with Crippen LogP contribution in [-0.4, -0.2) is 43.1 Å². The normalized spacial score (nSPS) is 24.2. The Balaban J connectivity index is 6.61. The maximum Gasteiger partial charge on any atom is 0.375 e. The zero-order chi connectivity index (χ0) is 22.0. The van der Waals surface area contributed by atoms with E-state index in [-0.39, 0.29) is 0 Å². The second-order valence-corrected chi connectivity index (χ2v) is 7.47. The first-order valence-electron chi connectivity index (χ1n) is 5.15. The van der Waals surface area contributed by atoms with Gasteiger partial charge in [0, 0.05) is 0 Å². The molecule has 158 valence electrons. The van der Waals surface area contributed by atoms with E-state index in [1.165, 1.54) is 0 Å². The van der Waals surface area contributed by atoms with Crippen LogP contribution in [0.5, 0.6) is 0 Å². The van der Waals surface area contributed by atoms with Crippen molar-refractivity contribution in [3.05, 3.63) is 0 Å². The zero-order valence-corrected chi connectivity index (χ0v) is 15.3. The minimum Gasteiger partial charge on any atom is -0.214 e. The van der Waals surface area contributed by atoms with Crippen molar-refractivity contribution in [3.8, 4) is 0 Å². The van der Waals surface area contributed by atoms with E-state index in [0.717, 1.165) is 0 Å². The summed E-state index contributed by atoms with van der Waals surface area (Å²) in [6, 6.07) is 0. The van der Waals surface area contributed by atoms with E-state index < -0.39 is 43.1 Å². The van der Waals surface area contributed by atoms with Crippen LogP contribution >= 0.6 is 69.6 Å². The largest absolute Gasteiger partial charge is 0.375 e. The Morgan fingerprint density at radius 3 is 0.577 bits per heavy atom. The molecule has 0 aliphatic rings. The van der Waals surface area contributed by atoms with Crippen LogP contribution < -0.4 is 0 Å². The molecule has 0 saturated heterocycles. The van der Waals surface area contributed by atoms with Gasteiger partial charge in [-0.2, -0.15) is 35.1 Å². The summed E-state index contributed by atoms with van der Waals surface area (Å²) in [6.07, 6.45) is 0. The summed E-state index contributed by atoms with van der Waals surface area (Å²) in [6.45, 7) is 0. The summed E-state index contributed by atoms with van der Waals surface area (Å²) in [4.78, 5) is 0. The molecule has 0 saturated carbocycles. The Morgan fingerprint density at radius 1 is 0.308 bits per heavy atom. The van der Waals surface area contributed by atoms with Gasteiger partial charge in [0.2, 0.25) is 0 Å². The van der Waals surface area contributed by atoms with E-state index in [4.69, 9.17) is 0 Å². The molecule has 0 aromatic carbocycles. The third-order valence-electron chi connectivity index (χ3n) is 2.68. The van der Waals surface area contributed by atoms with Gasteiger partial charge in [0.1, 0.15) is 0 Å². The summed E-state index contributed by atoms with van der Waals surface area (Å²) in [5.74, 6) is -14.0. The van der Waals surface area contributed by atoms with Gasteiger partial charge in [-0.3, -0.25) is 0 Å². The molecule has 0 bridgehead atoms. The van der Waals surface area contributed by atoms with E-state index in [0.29, 0.717) is 0 Å². The van der Waals surface area contributed by atoms with Crippen molar-refractivity contribution in [2.75, 3.05) is 0 Å². The standard InChI is InChI=1S/C8Cl6F12/c9-1(15,5(19,20)3(11,17)7(13,23)24)2(10,16)6(21,22)4(12,18)8(14,25)26. The monoisotopic (exact) mass is 534 g/mol. The Hall–Kier alpha value is 0.900. The van der Waals surface area contributed by atoms with Gasteiger partial charge in [-0.15, -0.1) is 0 Å². The highest BCUT2D eigenvalue weighted by atomic mass is 35.5. The maximum atomic E-state index is 13.9. The molecule has 0 rings (SSSR count). The van der Waals surface area contributed by atoms with E-state index >= 15 is 0 Å². The third-order valence-corrected chi connectivity index (χ3v) is 5.44.